The van der Waals surface area contributed by atoms with E-state index in [2.05, 4.69) is 20.6 Å². The van der Waals surface area contributed by atoms with Gasteiger partial charge in [-0.25, -0.2) is 14.6 Å². The summed E-state index contributed by atoms with van der Waals surface area (Å²) in [5.41, 5.74) is 7.10. The number of hydrogen-bond acceptors (Lipinski definition) is 10. The predicted molar refractivity (Wildman–Crippen MR) is 161 cm³/mol. The van der Waals surface area contributed by atoms with E-state index in [4.69, 9.17) is 25.3 Å². The van der Waals surface area contributed by atoms with Gasteiger partial charge in [0.05, 0.1) is 26.2 Å². The average molecular weight is 586 g/mol. The summed E-state index contributed by atoms with van der Waals surface area (Å²) < 4.78 is 13.3. The third kappa shape index (κ3) is 7.00. The van der Waals surface area contributed by atoms with Crippen LogP contribution < -0.4 is 30.7 Å². The lowest BCUT2D eigenvalue weighted by molar-refractivity contribution is -0.120. The van der Waals surface area contributed by atoms with Gasteiger partial charge in [0.2, 0.25) is 11.9 Å². The average Bonchev–Trinajstić information content (AvgIpc) is 3.42. The van der Waals surface area contributed by atoms with Crippen LogP contribution in [0.2, 0.25) is 0 Å². The highest BCUT2D eigenvalue weighted by atomic mass is 16.5. The SMILES string of the molecule is COc1ccc2cc1OCCn1nc(-c3ccccc3)nc1[C@@H](C(C)C)NC(=O)CN(c1ccnc(N)n1)CCNC2=O. The molecule has 43 heavy (non-hydrogen) atoms. The van der Waals surface area contributed by atoms with Gasteiger partial charge in [-0.2, -0.15) is 10.1 Å². The van der Waals surface area contributed by atoms with Crippen LogP contribution in [0.25, 0.3) is 11.4 Å². The van der Waals surface area contributed by atoms with Gasteiger partial charge in [-0.3, -0.25) is 9.59 Å². The molecule has 0 saturated heterocycles. The summed E-state index contributed by atoms with van der Waals surface area (Å²) in [6, 6.07) is 15.9. The van der Waals surface area contributed by atoms with Crippen LogP contribution in [0.15, 0.2) is 60.8 Å². The van der Waals surface area contributed by atoms with E-state index in [0.29, 0.717) is 41.1 Å². The van der Waals surface area contributed by atoms with Gasteiger partial charge in [-0.05, 0) is 30.2 Å². The molecular weight excluding hydrogens is 550 g/mol. The van der Waals surface area contributed by atoms with E-state index in [1.54, 1.807) is 41.0 Å². The van der Waals surface area contributed by atoms with Crippen molar-refractivity contribution >= 4 is 23.6 Å². The Morgan fingerprint density at radius 3 is 2.60 bits per heavy atom. The van der Waals surface area contributed by atoms with Crippen molar-refractivity contribution in [2.24, 2.45) is 5.92 Å². The van der Waals surface area contributed by atoms with E-state index < -0.39 is 6.04 Å². The Balaban J connectivity index is 1.54. The van der Waals surface area contributed by atoms with Gasteiger partial charge in [-0.1, -0.05) is 44.2 Å². The van der Waals surface area contributed by atoms with Crippen LogP contribution >= 0.6 is 0 Å². The molecule has 2 aromatic heterocycles. The van der Waals surface area contributed by atoms with Gasteiger partial charge in [0, 0.05) is 30.4 Å². The number of hydrogen-bond donors (Lipinski definition) is 3. The Labute approximate surface area is 249 Å². The first-order valence-corrected chi connectivity index (χ1v) is 14.0. The Kier molecular flexibility index (Phi) is 8.99. The number of nitrogen functional groups attached to an aromatic ring is 1. The number of nitrogens with zero attached hydrogens (tertiary/aromatic N) is 6. The molecule has 0 aliphatic carbocycles. The molecule has 4 N–H and O–H groups in total. The third-order valence-corrected chi connectivity index (χ3v) is 6.97. The smallest absolute Gasteiger partial charge is 0.251 e. The zero-order valence-corrected chi connectivity index (χ0v) is 24.4. The van der Waals surface area contributed by atoms with Crippen LogP contribution in [-0.4, -0.2) is 69.9 Å². The molecule has 0 radical (unpaired) electrons. The van der Waals surface area contributed by atoms with Gasteiger partial charge in [-0.15, -0.1) is 0 Å². The first-order valence-electron chi connectivity index (χ1n) is 14.0. The molecule has 5 rings (SSSR count). The first kappa shape index (κ1) is 29.3. The fraction of sp³-hybridized carbons (Fsp3) is 0.333. The van der Waals surface area contributed by atoms with Crippen molar-refractivity contribution in [3.8, 4) is 22.9 Å². The van der Waals surface area contributed by atoms with Gasteiger partial charge < -0.3 is 30.7 Å². The summed E-state index contributed by atoms with van der Waals surface area (Å²) in [4.78, 5) is 41.5. The number of rotatable bonds is 4. The second-order valence-corrected chi connectivity index (χ2v) is 10.3. The molecule has 0 fully saturated rings. The maximum atomic E-state index is 13.5. The van der Waals surface area contributed by atoms with E-state index in [1.807, 2.05) is 44.2 Å². The van der Waals surface area contributed by atoms with Crippen LogP contribution in [0.3, 0.4) is 0 Å². The highest BCUT2D eigenvalue weighted by Crippen LogP contribution is 2.29. The molecule has 13 nitrogen and oxygen atoms in total. The number of benzene rings is 2. The lowest BCUT2D eigenvalue weighted by Gasteiger charge is -2.26. The second-order valence-electron chi connectivity index (χ2n) is 10.3. The summed E-state index contributed by atoms with van der Waals surface area (Å²) in [7, 11) is 1.55. The molecule has 2 amide bonds. The molecule has 13 heteroatoms. The lowest BCUT2D eigenvalue weighted by Crippen LogP contribution is -2.44. The minimum atomic E-state index is -0.456. The van der Waals surface area contributed by atoms with Crippen molar-refractivity contribution in [3.63, 3.8) is 0 Å². The molecule has 0 spiro atoms. The Bertz CT molecular complexity index is 1580. The Morgan fingerprint density at radius 2 is 1.86 bits per heavy atom. The van der Waals surface area contributed by atoms with Crippen molar-refractivity contribution in [3.05, 3.63) is 72.2 Å². The third-order valence-electron chi connectivity index (χ3n) is 6.97. The van der Waals surface area contributed by atoms with E-state index >= 15 is 0 Å². The topological polar surface area (TPSA) is 162 Å². The number of nitrogens with two attached hydrogens (primary N) is 1. The molecule has 2 bridgehead atoms. The number of ether oxygens (including phenoxy) is 2. The van der Waals surface area contributed by atoms with Crippen LogP contribution in [0, 0.1) is 5.92 Å². The first-order chi connectivity index (χ1) is 20.8. The maximum Gasteiger partial charge on any atom is 0.251 e. The van der Waals surface area contributed by atoms with Crippen molar-refractivity contribution in [2.45, 2.75) is 26.4 Å². The van der Waals surface area contributed by atoms with Crippen LogP contribution in [0.5, 0.6) is 11.5 Å². The van der Waals surface area contributed by atoms with Crippen LogP contribution in [0.4, 0.5) is 11.8 Å². The van der Waals surface area contributed by atoms with E-state index in [9.17, 15) is 9.59 Å². The number of methoxy groups -OCH3 is 1. The fourth-order valence-corrected chi connectivity index (χ4v) is 4.77. The van der Waals surface area contributed by atoms with Crippen LogP contribution in [-0.2, 0) is 11.3 Å². The van der Waals surface area contributed by atoms with Crippen molar-refractivity contribution in [2.75, 3.05) is 44.0 Å². The number of anilines is 2. The summed E-state index contributed by atoms with van der Waals surface area (Å²) in [5.74, 6) is 2.05. The number of amides is 2. The maximum absolute atomic E-state index is 13.5. The van der Waals surface area contributed by atoms with E-state index in [-0.39, 0.29) is 49.9 Å². The van der Waals surface area contributed by atoms with Gasteiger partial charge >= 0.3 is 0 Å². The minimum Gasteiger partial charge on any atom is -0.493 e. The Hall–Kier alpha value is -5.20. The molecule has 0 unspecified atom stereocenters. The number of aromatic nitrogens is 5. The number of fused-ring (bicyclic) bond motifs is 3. The molecule has 2 aromatic carbocycles. The lowest BCUT2D eigenvalue weighted by atomic mass is 10.0. The Morgan fingerprint density at radius 1 is 1.05 bits per heavy atom. The van der Waals surface area contributed by atoms with Crippen LogP contribution in [0.1, 0.15) is 36.1 Å². The number of carbonyl (C=O) groups is 2. The summed E-state index contributed by atoms with van der Waals surface area (Å²) in [6.45, 7) is 5.06. The number of carbonyl (C=O) groups excluding carboxylic acids is 2. The molecule has 0 saturated carbocycles. The number of nitrogens with one attached hydrogen (secondary N) is 2. The normalized spacial score (nSPS) is 16.5. The molecule has 1 aliphatic heterocycles. The minimum absolute atomic E-state index is 0.0160. The predicted octanol–water partition coefficient (Wildman–Crippen LogP) is 2.47. The monoisotopic (exact) mass is 585 g/mol. The van der Waals surface area contributed by atoms with E-state index in [1.165, 1.54) is 6.20 Å². The molecule has 3 heterocycles. The van der Waals surface area contributed by atoms with Gasteiger partial charge in [0.15, 0.2) is 23.1 Å². The van der Waals surface area contributed by atoms with Crippen molar-refractivity contribution in [1.29, 1.82) is 0 Å². The fourth-order valence-electron chi connectivity index (χ4n) is 4.77. The molecule has 224 valence electrons. The molecule has 1 aliphatic rings. The largest absolute Gasteiger partial charge is 0.493 e. The molecule has 1 atom stereocenters. The summed E-state index contributed by atoms with van der Waals surface area (Å²) in [5, 5.41) is 10.8. The highest BCUT2D eigenvalue weighted by molar-refractivity contribution is 5.95. The summed E-state index contributed by atoms with van der Waals surface area (Å²) in [6.07, 6.45) is 1.53. The summed E-state index contributed by atoms with van der Waals surface area (Å²) >= 11 is 0. The zero-order valence-electron chi connectivity index (χ0n) is 24.4. The van der Waals surface area contributed by atoms with E-state index in [0.717, 1.165) is 5.56 Å². The van der Waals surface area contributed by atoms with Gasteiger partial charge in [0.1, 0.15) is 12.4 Å². The molecule has 4 aromatic rings. The van der Waals surface area contributed by atoms with Crippen molar-refractivity contribution in [1.82, 2.24) is 35.4 Å². The van der Waals surface area contributed by atoms with Gasteiger partial charge in [0.25, 0.3) is 5.91 Å². The highest BCUT2D eigenvalue weighted by Gasteiger charge is 2.27. The quantitative estimate of drug-likeness (QED) is 0.324. The zero-order chi connectivity index (χ0) is 30.3. The van der Waals surface area contributed by atoms with Crippen molar-refractivity contribution < 1.29 is 19.1 Å². The second kappa shape index (κ2) is 13.2. The molecular formula is C30H35N9O4. The standard InChI is InChI=1S/C30H35N9O4/c1-19(2)26-28-36-27(20-7-5-4-6-8-20)37-39(28)15-16-43-23-17-21(9-10-22(23)42-3)29(41)32-13-14-38(18-25(40)35-26)24-11-12-33-30(31)34-24/h4-12,17,19,26H,13-16,18H2,1-3H3,(H,32,41)(H,35,40)(H2,31,33,34)/t26-/m1/s1.